The molecule has 1 unspecified atom stereocenters. The molecule has 0 saturated carbocycles. The lowest BCUT2D eigenvalue weighted by Crippen LogP contribution is -2.35. The largest absolute Gasteiger partial charge is 0.464 e. The summed E-state index contributed by atoms with van der Waals surface area (Å²) in [5.74, 6) is -0.765. The van der Waals surface area contributed by atoms with Crippen LogP contribution in [0, 0.1) is 0 Å². The van der Waals surface area contributed by atoms with Crippen LogP contribution in [0.2, 0.25) is 0 Å². The van der Waals surface area contributed by atoms with Gasteiger partial charge in [0.1, 0.15) is 0 Å². The van der Waals surface area contributed by atoms with Crippen LogP contribution in [0.3, 0.4) is 0 Å². The van der Waals surface area contributed by atoms with Crippen molar-refractivity contribution < 1.29 is 22.7 Å². The quantitative estimate of drug-likeness (QED) is 0.785. The Balaban J connectivity index is 2.24. The predicted molar refractivity (Wildman–Crippen MR) is 63.0 cm³/mol. The molecule has 2 rings (SSSR count). The molecule has 1 saturated heterocycles. The minimum Gasteiger partial charge on any atom is -0.464 e. The van der Waals surface area contributed by atoms with Crippen molar-refractivity contribution in [1.82, 2.24) is 9.71 Å². The molecule has 2 heterocycles. The van der Waals surface area contributed by atoms with E-state index in [2.05, 4.69) is 14.4 Å². The van der Waals surface area contributed by atoms with Crippen LogP contribution in [0.25, 0.3) is 0 Å². The molecule has 1 atom stereocenters. The number of sulfonamides is 1. The summed E-state index contributed by atoms with van der Waals surface area (Å²) in [6, 6.07) is -0.261. The van der Waals surface area contributed by atoms with Crippen LogP contribution in [-0.4, -0.2) is 45.7 Å². The van der Waals surface area contributed by atoms with E-state index in [1.165, 1.54) is 12.6 Å². The summed E-state index contributed by atoms with van der Waals surface area (Å²) in [4.78, 5) is 15.1. The van der Waals surface area contributed by atoms with Crippen molar-refractivity contribution in [2.24, 2.45) is 0 Å². The lowest BCUT2D eigenvalue weighted by Gasteiger charge is -2.10. The van der Waals surface area contributed by atoms with Gasteiger partial charge < -0.3 is 9.47 Å². The van der Waals surface area contributed by atoms with Crippen LogP contribution in [-0.2, 0) is 19.5 Å². The summed E-state index contributed by atoms with van der Waals surface area (Å²) < 4.78 is 36.1. The maximum atomic E-state index is 12.1. The number of nitrogens with zero attached hydrogens (tertiary/aromatic N) is 1. The summed E-state index contributed by atoms with van der Waals surface area (Å²) in [6.45, 7) is 0.866. The van der Waals surface area contributed by atoms with Gasteiger partial charge in [0, 0.05) is 12.6 Å². The van der Waals surface area contributed by atoms with E-state index in [-0.39, 0.29) is 15.9 Å². The highest BCUT2D eigenvalue weighted by Gasteiger charge is 2.29. The molecule has 1 aliphatic rings. The van der Waals surface area contributed by atoms with E-state index in [0.29, 0.717) is 19.6 Å². The average Bonchev–Trinajstić information content (AvgIpc) is 2.97. The Morgan fingerprint density at radius 3 is 3.06 bits per heavy atom. The number of hydrogen-bond acceptors (Lipinski definition) is 7. The molecule has 0 spiro atoms. The predicted octanol–water partition coefficient (Wildman–Crippen LogP) is -0.00310. The van der Waals surface area contributed by atoms with Gasteiger partial charge in [-0.3, -0.25) is 0 Å². The highest BCUT2D eigenvalue weighted by molar-refractivity contribution is 7.91. The molecule has 7 nitrogen and oxygen atoms in total. The highest BCUT2D eigenvalue weighted by atomic mass is 32.2. The minimum absolute atomic E-state index is 0.124. The van der Waals surface area contributed by atoms with E-state index >= 15 is 0 Å². The number of carbonyl (C=O) groups excluding carboxylic acids is 1. The van der Waals surface area contributed by atoms with Gasteiger partial charge in [0.05, 0.1) is 19.2 Å². The molecule has 1 aromatic rings. The van der Waals surface area contributed by atoms with E-state index in [1.54, 1.807) is 0 Å². The van der Waals surface area contributed by atoms with Crippen molar-refractivity contribution in [3.05, 3.63) is 11.2 Å². The molecule has 9 heteroatoms. The molecule has 0 bridgehead atoms. The lowest BCUT2D eigenvalue weighted by molar-refractivity contribution is 0.0590. The fourth-order valence-corrected chi connectivity index (χ4v) is 3.96. The summed E-state index contributed by atoms with van der Waals surface area (Å²) in [7, 11) is -2.58. The molecule has 1 N–H and O–H groups in total. The van der Waals surface area contributed by atoms with Crippen molar-refractivity contribution in [2.75, 3.05) is 20.3 Å². The fraction of sp³-hybridized carbons (Fsp3) is 0.556. The smallest absolute Gasteiger partial charge is 0.358 e. The van der Waals surface area contributed by atoms with E-state index in [9.17, 15) is 13.2 Å². The number of ether oxygens (including phenoxy) is 2. The summed E-state index contributed by atoms with van der Waals surface area (Å²) in [5, 5.41) is 0. The Bertz CT molecular complexity index is 533. The van der Waals surface area contributed by atoms with Gasteiger partial charge in [0.15, 0.2) is 9.90 Å². The number of rotatable bonds is 4. The van der Waals surface area contributed by atoms with Crippen LogP contribution < -0.4 is 4.72 Å². The van der Waals surface area contributed by atoms with Gasteiger partial charge in [-0.1, -0.05) is 0 Å². The number of thiazole rings is 1. The monoisotopic (exact) mass is 292 g/mol. The topological polar surface area (TPSA) is 94.6 Å². The second-order valence-electron chi connectivity index (χ2n) is 3.66. The third-order valence-corrected chi connectivity index (χ3v) is 5.30. The van der Waals surface area contributed by atoms with E-state index < -0.39 is 16.0 Å². The number of nitrogens with one attached hydrogen (secondary N) is 1. The normalized spacial score (nSPS) is 19.9. The van der Waals surface area contributed by atoms with Gasteiger partial charge in [0.25, 0.3) is 10.0 Å². The molecule has 0 aliphatic carbocycles. The molecule has 1 aromatic heterocycles. The fourth-order valence-electron chi connectivity index (χ4n) is 1.56. The zero-order chi connectivity index (χ0) is 13.2. The first-order valence-corrected chi connectivity index (χ1v) is 7.53. The molecule has 0 amide bonds. The van der Waals surface area contributed by atoms with Gasteiger partial charge in [-0.05, 0) is 6.42 Å². The Hall–Kier alpha value is -1.03. The van der Waals surface area contributed by atoms with Crippen LogP contribution in [0.4, 0.5) is 0 Å². The van der Waals surface area contributed by atoms with E-state index in [0.717, 1.165) is 11.3 Å². The van der Waals surface area contributed by atoms with Crippen LogP contribution in [0.5, 0.6) is 0 Å². The summed E-state index contributed by atoms with van der Waals surface area (Å²) >= 11 is 0.880. The number of hydrogen-bond donors (Lipinski definition) is 1. The van der Waals surface area contributed by atoms with E-state index in [1.807, 2.05) is 0 Å². The van der Waals surface area contributed by atoms with Crippen LogP contribution in [0.15, 0.2) is 9.72 Å². The first-order valence-electron chi connectivity index (χ1n) is 5.16. The second-order valence-corrected chi connectivity index (χ2v) is 6.43. The standard InChI is InChI=1S/C9H12N2O5S2/c1-15-8(12)7-9(17-5-10-7)18(13,14)11-6-2-3-16-4-6/h5-6,11H,2-4H2,1H3. The van der Waals surface area contributed by atoms with Gasteiger partial charge >= 0.3 is 5.97 Å². The molecular weight excluding hydrogens is 280 g/mol. The van der Waals surface area contributed by atoms with Gasteiger partial charge in [0.2, 0.25) is 0 Å². The Labute approximate surface area is 108 Å². The van der Waals surface area contributed by atoms with E-state index in [4.69, 9.17) is 4.74 Å². The van der Waals surface area contributed by atoms with Crippen molar-refractivity contribution >= 4 is 27.3 Å². The molecule has 0 aromatic carbocycles. The van der Waals surface area contributed by atoms with Crippen molar-refractivity contribution in [2.45, 2.75) is 16.7 Å². The van der Waals surface area contributed by atoms with Crippen molar-refractivity contribution in [3.8, 4) is 0 Å². The average molecular weight is 292 g/mol. The zero-order valence-corrected chi connectivity index (χ0v) is 11.2. The summed E-state index contributed by atoms with van der Waals surface area (Å²) in [5.41, 5.74) is 1.11. The lowest BCUT2D eigenvalue weighted by atomic mass is 10.3. The van der Waals surface area contributed by atoms with Gasteiger partial charge in [-0.2, -0.15) is 0 Å². The SMILES string of the molecule is COC(=O)c1ncsc1S(=O)(=O)NC1CCOC1. The molecule has 1 fully saturated rings. The highest BCUT2D eigenvalue weighted by Crippen LogP contribution is 2.21. The van der Waals surface area contributed by atoms with Crippen molar-refractivity contribution in [3.63, 3.8) is 0 Å². The first kappa shape index (κ1) is 13.4. The first-order chi connectivity index (χ1) is 8.54. The molecule has 0 radical (unpaired) electrons. The molecular formula is C9H12N2O5S2. The molecule has 1 aliphatic heterocycles. The van der Waals surface area contributed by atoms with Gasteiger partial charge in [-0.15, -0.1) is 11.3 Å². The maximum absolute atomic E-state index is 12.1. The van der Waals surface area contributed by atoms with Gasteiger partial charge in [-0.25, -0.2) is 22.9 Å². The Morgan fingerprint density at radius 1 is 1.67 bits per heavy atom. The third kappa shape index (κ3) is 2.69. The van der Waals surface area contributed by atoms with Crippen molar-refractivity contribution in [1.29, 1.82) is 0 Å². The molecule has 18 heavy (non-hydrogen) atoms. The Morgan fingerprint density at radius 2 is 2.44 bits per heavy atom. The maximum Gasteiger partial charge on any atom is 0.358 e. The number of carbonyl (C=O) groups is 1. The van der Waals surface area contributed by atoms with Crippen LogP contribution >= 0.6 is 11.3 Å². The number of aromatic nitrogens is 1. The third-order valence-electron chi connectivity index (χ3n) is 2.41. The number of methoxy groups -OCH3 is 1. The molecule has 100 valence electrons. The van der Waals surface area contributed by atoms with Crippen LogP contribution in [0.1, 0.15) is 16.9 Å². The Kier molecular flexibility index (Phi) is 3.95. The second kappa shape index (κ2) is 5.31. The number of esters is 1. The minimum atomic E-state index is -3.76. The summed E-state index contributed by atoms with van der Waals surface area (Å²) in [6.07, 6.45) is 0.617. The zero-order valence-electron chi connectivity index (χ0n) is 9.58.